The molecular weight excluding hydrogens is 318 g/mol. The normalized spacial score (nSPS) is 20.8. The second-order valence-corrected chi connectivity index (χ2v) is 6.47. The van der Waals surface area contributed by atoms with Gasteiger partial charge in [0.2, 0.25) is 0 Å². The Bertz CT molecular complexity index is 508. The van der Waals surface area contributed by atoms with E-state index in [-0.39, 0.29) is 5.91 Å². The van der Waals surface area contributed by atoms with Crippen molar-refractivity contribution in [1.82, 2.24) is 15.1 Å². The van der Waals surface area contributed by atoms with Gasteiger partial charge < -0.3 is 10.2 Å². The lowest BCUT2D eigenvalue weighted by atomic mass is 10.0. The van der Waals surface area contributed by atoms with Crippen LogP contribution < -0.4 is 5.32 Å². The van der Waals surface area contributed by atoms with Crippen LogP contribution in [0.25, 0.3) is 0 Å². The minimum atomic E-state index is 0.150. The van der Waals surface area contributed by atoms with E-state index in [1.165, 1.54) is 0 Å². The van der Waals surface area contributed by atoms with Gasteiger partial charge in [0.05, 0.1) is 0 Å². The second kappa shape index (κ2) is 5.84. The van der Waals surface area contributed by atoms with Crippen LogP contribution in [0.5, 0.6) is 0 Å². The molecule has 0 bridgehead atoms. The monoisotopic (exact) mass is 337 g/mol. The zero-order chi connectivity index (χ0) is 14.1. The quantitative estimate of drug-likeness (QED) is 0.888. The topological polar surface area (TPSA) is 35.6 Å². The van der Waals surface area contributed by atoms with Crippen molar-refractivity contribution < 1.29 is 4.79 Å². The molecule has 4 nitrogen and oxygen atoms in total. The molecule has 0 aliphatic carbocycles. The molecule has 2 aliphatic rings. The molecule has 0 radical (unpaired) electrons. The van der Waals surface area contributed by atoms with E-state index in [1.54, 1.807) is 0 Å². The smallest absolute Gasteiger partial charge is 0.254 e. The third kappa shape index (κ3) is 2.75. The van der Waals surface area contributed by atoms with Gasteiger partial charge >= 0.3 is 0 Å². The van der Waals surface area contributed by atoms with Gasteiger partial charge in [-0.1, -0.05) is 22.0 Å². The van der Waals surface area contributed by atoms with E-state index in [9.17, 15) is 4.79 Å². The Balaban J connectivity index is 1.58. The number of halogens is 1. The first-order valence-corrected chi connectivity index (χ1v) is 7.94. The number of carbonyl (C=O) groups is 1. The molecule has 1 amide bonds. The standard InChI is InChI=1S/C15H20BrN3O/c1-11-2-3-12(8-14(11)16)15(20)19-9-13(10-19)18-6-4-17-5-7-18/h2-3,8,13,17H,4-7,9-10H2,1H3. The molecule has 2 heterocycles. The molecule has 20 heavy (non-hydrogen) atoms. The summed E-state index contributed by atoms with van der Waals surface area (Å²) in [5, 5.41) is 3.36. The molecule has 108 valence electrons. The van der Waals surface area contributed by atoms with Gasteiger partial charge in [-0.15, -0.1) is 0 Å². The van der Waals surface area contributed by atoms with Gasteiger partial charge in [0, 0.05) is 55.3 Å². The average molecular weight is 338 g/mol. The van der Waals surface area contributed by atoms with Crippen LogP contribution in [0.1, 0.15) is 15.9 Å². The number of nitrogens with one attached hydrogen (secondary N) is 1. The van der Waals surface area contributed by atoms with Crippen LogP contribution in [0.2, 0.25) is 0 Å². The molecule has 1 N–H and O–H groups in total. The highest BCUT2D eigenvalue weighted by molar-refractivity contribution is 9.10. The Labute approximate surface area is 128 Å². The van der Waals surface area contributed by atoms with Gasteiger partial charge in [0.15, 0.2) is 0 Å². The third-order valence-electron chi connectivity index (χ3n) is 4.24. The van der Waals surface area contributed by atoms with Gasteiger partial charge in [0.1, 0.15) is 0 Å². The molecule has 5 heteroatoms. The van der Waals surface area contributed by atoms with Crippen LogP contribution in [0.15, 0.2) is 22.7 Å². The molecule has 1 aromatic carbocycles. The number of nitrogens with zero attached hydrogens (tertiary/aromatic N) is 2. The van der Waals surface area contributed by atoms with Crippen molar-refractivity contribution in [1.29, 1.82) is 0 Å². The summed E-state index contributed by atoms with van der Waals surface area (Å²) in [6.07, 6.45) is 0. The maximum absolute atomic E-state index is 12.4. The minimum Gasteiger partial charge on any atom is -0.335 e. The molecule has 0 aromatic heterocycles. The molecule has 0 saturated carbocycles. The summed E-state index contributed by atoms with van der Waals surface area (Å²) in [6.45, 7) is 8.09. The Kier molecular flexibility index (Phi) is 4.10. The molecule has 2 fully saturated rings. The third-order valence-corrected chi connectivity index (χ3v) is 5.09. The SMILES string of the molecule is Cc1ccc(C(=O)N2CC(N3CCNCC3)C2)cc1Br. The first kappa shape index (κ1) is 14.0. The highest BCUT2D eigenvalue weighted by atomic mass is 79.9. The highest BCUT2D eigenvalue weighted by Gasteiger charge is 2.35. The predicted molar refractivity (Wildman–Crippen MR) is 83.0 cm³/mol. The van der Waals surface area contributed by atoms with Crippen LogP contribution in [0, 0.1) is 6.92 Å². The Morgan fingerprint density at radius 1 is 1.30 bits per heavy atom. The predicted octanol–water partition coefficient (Wildman–Crippen LogP) is 1.49. The maximum Gasteiger partial charge on any atom is 0.254 e. The van der Waals surface area contributed by atoms with Crippen LogP contribution in [-0.2, 0) is 0 Å². The summed E-state index contributed by atoms with van der Waals surface area (Å²) in [6, 6.07) is 6.39. The van der Waals surface area contributed by atoms with Crippen LogP contribution in [-0.4, -0.2) is 61.0 Å². The number of aryl methyl sites for hydroxylation is 1. The van der Waals surface area contributed by atoms with Crippen molar-refractivity contribution >= 4 is 21.8 Å². The fourth-order valence-corrected chi connectivity index (χ4v) is 3.19. The van der Waals surface area contributed by atoms with Crippen molar-refractivity contribution in [3.8, 4) is 0 Å². The number of piperazine rings is 1. The van der Waals surface area contributed by atoms with E-state index >= 15 is 0 Å². The van der Waals surface area contributed by atoms with Gasteiger partial charge in [-0.25, -0.2) is 0 Å². The summed E-state index contributed by atoms with van der Waals surface area (Å²) in [5.74, 6) is 0.150. The molecule has 2 aliphatic heterocycles. The van der Waals surface area contributed by atoms with Crippen molar-refractivity contribution in [3.05, 3.63) is 33.8 Å². The number of hydrogen-bond donors (Lipinski definition) is 1. The van der Waals surface area contributed by atoms with E-state index in [1.807, 2.05) is 30.0 Å². The summed E-state index contributed by atoms with van der Waals surface area (Å²) >= 11 is 3.49. The molecule has 1 aromatic rings. The van der Waals surface area contributed by atoms with Crippen molar-refractivity contribution in [2.24, 2.45) is 0 Å². The fourth-order valence-electron chi connectivity index (χ4n) is 2.81. The summed E-state index contributed by atoms with van der Waals surface area (Å²) in [7, 11) is 0. The summed E-state index contributed by atoms with van der Waals surface area (Å²) < 4.78 is 1.00. The zero-order valence-corrected chi connectivity index (χ0v) is 13.3. The number of benzene rings is 1. The molecule has 2 saturated heterocycles. The van der Waals surface area contributed by atoms with E-state index in [0.29, 0.717) is 6.04 Å². The van der Waals surface area contributed by atoms with Crippen molar-refractivity contribution in [2.45, 2.75) is 13.0 Å². The number of carbonyl (C=O) groups excluding carboxylic acids is 1. The largest absolute Gasteiger partial charge is 0.335 e. The van der Waals surface area contributed by atoms with Crippen molar-refractivity contribution in [3.63, 3.8) is 0 Å². The lowest BCUT2D eigenvalue weighted by Crippen LogP contribution is -2.63. The van der Waals surface area contributed by atoms with E-state index < -0.39 is 0 Å². The Morgan fingerprint density at radius 2 is 2.00 bits per heavy atom. The van der Waals surface area contributed by atoms with Crippen molar-refractivity contribution in [2.75, 3.05) is 39.3 Å². The molecule has 0 unspecified atom stereocenters. The summed E-state index contributed by atoms with van der Waals surface area (Å²) in [5.41, 5.74) is 1.94. The number of likely N-dealkylation sites (tertiary alicyclic amines) is 1. The average Bonchev–Trinajstić information content (AvgIpc) is 2.41. The summed E-state index contributed by atoms with van der Waals surface area (Å²) in [4.78, 5) is 16.8. The van der Waals surface area contributed by atoms with Gasteiger partial charge in [-0.2, -0.15) is 0 Å². The Hall–Kier alpha value is -0.910. The Morgan fingerprint density at radius 3 is 2.65 bits per heavy atom. The minimum absolute atomic E-state index is 0.150. The lowest BCUT2D eigenvalue weighted by Gasteiger charge is -2.46. The van der Waals surface area contributed by atoms with Crippen LogP contribution in [0.4, 0.5) is 0 Å². The molecular formula is C15H20BrN3O. The second-order valence-electron chi connectivity index (χ2n) is 5.61. The maximum atomic E-state index is 12.4. The van der Waals surface area contributed by atoms with Crippen LogP contribution >= 0.6 is 15.9 Å². The van der Waals surface area contributed by atoms with E-state index in [2.05, 4.69) is 26.1 Å². The fraction of sp³-hybridized carbons (Fsp3) is 0.533. The van der Waals surface area contributed by atoms with Gasteiger partial charge in [0.25, 0.3) is 5.91 Å². The molecule has 0 atom stereocenters. The molecule has 0 spiro atoms. The highest BCUT2D eigenvalue weighted by Crippen LogP contribution is 2.22. The van der Waals surface area contributed by atoms with E-state index in [4.69, 9.17) is 0 Å². The first-order chi connectivity index (χ1) is 9.65. The lowest BCUT2D eigenvalue weighted by molar-refractivity contribution is 0.0227. The van der Waals surface area contributed by atoms with E-state index in [0.717, 1.165) is 54.9 Å². The van der Waals surface area contributed by atoms with Gasteiger partial charge in [-0.3, -0.25) is 9.69 Å². The first-order valence-electron chi connectivity index (χ1n) is 7.15. The molecule has 3 rings (SSSR count). The van der Waals surface area contributed by atoms with Gasteiger partial charge in [-0.05, 0) is 24.6 Å². The number of hydrogen-bond acceptors (Lipinski definition) is 3. The van der Waals surface area contributed by atoms with Crippen LogP contribution in [0.3, 0.4) is 0 Å². The number of amides is 1. The zero-order valence-electron chi connectivity index (χ0n) is 11.7. The number of rotatable bonds is 2.